The molecular weight excluding hydrogens is 326 g/mol. The van der Waals surface area contributed by atoms with Crippen molar-refractivity contribution in [2.75, 3.05) is 13.2 Å². The molecule has 5 nitrogen and oxygen atoms in total. The normalized spacial score (nSPS) is 16.5. The van der Waals surface area contributed by atoms with Gasteiger partial charge < -0.3 is 14.9 Å². The first-order valence-electron chi connectivity index (χ1n) is 7.59. The van der Waals surface area contributed by atoms with Crippen LogP contribution < -0.4 is 0 Å². The summed E-state index contributed by atoms with van der Waals surface area (Å²) < 4.78 is 4.15. The lowest BCUT2D eigenvalue weighted by Gasteiger charge is -2.36. The molecule has 6 heteroatoms. The molecule has 1 aliphatic heterocycles. The van der Waals surface area contributed by atoms with Crippen molar-refractivity contribution in [2.24, 2.45) is 0 Å². The molecule has 1 aromatic carbocycles. The molecule has 1 saturated heterocycles. The lowest BCUT2D eigenvalue weighted by molar-refractivity contribution is -0.184. The molecule has 0 aliphatic carbocycles. The van der Waals surface area contributed by atoms with Gasteiger partial charge in [0.1, 0.15) is 10.3 Å². The number of hydrogen-bond acceptors (Lipinski definition) is 5. The van der Waals surface area contributed by atoms with E-state index >= 15 is 0 Å². The molecule has 24 heavy (non-hydrogen) atoms. The highest BCUT2D eigenvalue weighted by atomic mass is 32.2. The second-order valence-corrected chi connectivity index (χ2v) is 8.06. The number of aromatic nitrogens is 1. The van der Waals surface area contributed by atoms with Gasteiger partial charge in [0.25, 0.3) is 0 Å². The zero-order valence-electron chi connectivity index (χ0n) is 13.5. The maximum atomic E-state index is 11.4. The molecule has 2 N–H and O–H groups in total. The molecule has 0 radical (unpaired) electrons. The van der Waals surface area contributed by atoms with E-state index in [9.17, 15) is 15.0 Å². The molecule has 3 rings (SSSR count). The van der Waals surface area contributed by atoms with Gasteiger partial charge in [0, 0.05) is 22.9 Å². The number of aliphatic carboxylic acids is 1. The summed E-state index contributed by atoms with van der Waals surface area (Å²) in [5.41, 5.74) is 1.73. The van der Waals surface area contributed by atoms with Gasteiger partial charge >= 0.3 is 5.97 Å². The van der Waals surface area contributed by atoms with Gasteiger partial charge in [0.2, 0.25) is 0 Å². The van der Waals surface area contributed by atoms with Crippen LogP contribution in [0.2, 0.25) is 0 Å². The third kappa shape index (κ3) is 3.17. The van der Waals surface area contributed by atoms with Crippen molar-refractivity contribution in [3.63, 3.8) is 0 Å². The van der Waals surface area contributed by atoms with Crippen LogP contribution in [0.25, 0.3) is 11.1 Å². The summed E-state index contributed by atoms with van der Waals surface area (Å²) in [5.74, 6) is -0.863. The van der Waals surface area contributed by atoms with Gasteiger partial charge in [0.05, 0.1) is 13.2 Å². The summed E-state index contributed by atoms with van der Waals surface area (Å²) >= 11 is 1.29. The molecule has 1 aromatic heterocycles. The predicted octanol–water partition coefficient (Wildman–Crippen LogP) is 2.92. The number of hydrogen-bond donors (Lipinski definition) is 2. The highest BCUT2D eigenvalue weighted by Gasteiger charge is 2.37. The Morgan fingerprint density at radius 1 is 1.25 bits per heavy atom. The molecule has 2 heterocycles. The molecular formula is C18H19NO4S. The Morgan fingerprint density at radius 2 is 1.92 bits per heavy atom. The summed E-state index contributed by atoms with van der Waals surface area (Å²) in [6, 6.07) is 9.41. The van der Waals surface area contributed by atoms with Crippen LogP contribution in [0.4, 0.5) is 0 Å². The van der Waals surface area contributed by atoms with E-state index in [0.29, 0.717) is 13.2 Å². The molecule has 1 aliphatic rings. The minimum atomic E-state index is -0.936. The van der Waals surface area contributed by atoms with E-state index in [2.05, 4.69) is 4.98 Å². The fourth-order valence-corrected chi connectivity index (χ4v) is 3.47. The Labute approximate surface area is 144 Å². The SMILES string of the molecule is CC(C)(Sc1ccncc1-c1ccc(C2(O)COC2)cc1)C(=O)O. The minimum Gasteiger partial charge on any atom is -0.480 e. The molecule has 126 valence electrons. The van der Waals surface area contributed by atoms with Crippen LogP contribution >= 0.6 is 11.8 Å². The average Bonchev–Trinajstić information content (AvgIpc) is 2.53. The van der Waals surface area contributed by atoms with Gasteiger partial charge in [-0.3, -0.25) is 9.78 Å². The first-order valence-corrected chi connectivity index (χ1v) is 8.41. The van der Waals surface area contributed by atoms with Crippen molar-refractivity contribution in [3.8, 4) is 11.1 Å². The van der Waals surface area contributed by atoms with Gasteiger partial charge in [-0.1, -0.05) is 24.3 Å². The smallest absolute Gasteiger partial charge is 0.319 e. The van der Waals surface area contributed by atoms with Gasteiger partial charge in [-0.15, -0.1) is 11.8 Å². The van der Waals surface area contributed by atoms with Crippen LogP contribution in [0.1, 0.15) is 19.4 Å². The largest absolute Gasteiger partial charge is 0.480 e. The molecule has 1 fully saturated rings. The number of thioether (sulfide) groups is 1. The van der Waals surface area contributed by atoms with Gasteiger partial charge in [-0.05, 0) is 31.0 Å². The fraction of sp³-hybridized carbons (Fsp3) is 0.333. The highest BCUT2D eigenvalue weighted by molar-refractivity contribution is 8.01. The predicted molar refractivity (Wildman–Crippen MR) is 92.0 cm³/mol. The van der Waals surface area contributed by atoms with Crippen molar-refractivity contribution in [2.45, 2.75) is 29.1 Å². The summed E-state index contributed by atoms with van der Waals surface area (Å²) in [6.07, 6.45) is 3.39. The molecule has 0 amide bonds. The second-order valence-electron chi connectivity index (χ2n) is 6.39. The van der Waals surface area contributed by atoms with Crippen molar-refractivity contribution in [1.29, 1.82) is 0 Å². The molecule has 0 spiro atoms. The van der Waals surface area contributed by atoms with Gasteiger partial charge in [-0.25, -0.2) is 0 Å². The molecule has 0 saturated carbocycles. The third-order valence-electron chi connectivity index (χ3n) is 4.08. The zero-order valence-corrected chi connectivity index (χ0v) is 14.3. The van der Waals surface area contributed by atoms with E-state index in [4.69, 9.17) is 4.74 Å². The average molecular weight is 345 g/mol. The Kier molecular flexibility index (Phi) is 4.38. The maximum absolute atomic E-state index is 11.4. The van der Waals surface area contributed by atoms with E-state index in [1.54, 1.807) is 26.2 Å². The summed E-state index contributed by atoms with van der Waals surface area (Å²) in [5, 5.41) is 19.7. The topological polar surface area (TPSA) is 79.7 Å². The monoisotopic (exact) mass is 345 g/mol. The lowest BCUT2D eigenvalue weighted by atomic mass is 9.91. The Morgan fingerprint density at radius 3 is 2.46 bits per heavy atom. The van der Waals surface area contributed by atoms with Crippen LogP contribution in [-0.4, -0.2) is 39.1 Å². The molecule has 2 aromatic rings. The second kappa shape index (κ2) is 6.20. The van der Waals surface area contributed by atoms with E-state index in [-0.39, 0.29) is 0 Å². The molecule has 0 atom stereocenters. The van der Waals surface area contributed by atoms with Crippen molar-refractivity contribution >= 4 is 17.7 Å². The molecule has 0 bridgehead atoms. The van der Waals surface area contributed by atoms with Crippen LogP contribution in [-0.2, 0) is 15.1 Å². The van der Waals surface area contributed by atoms with Crippen LogP contribution in [0.3, 0.4) is 0 Å². The number of carboxylic acid groups (broad SMARTS) is 1. The summed E-state index contributed by atoms with van der Waals surface area (Å²) in [6.45, 7) is 3.99. The first-order chi connectivity index (χ1) is 11.3. The van der Waals surface area contributed by atoms with Gasteiger partial charge in [0.15, 0.2) is 0 Å². The summed E-state index contributed by atoms with van der Waals surface area (Å²) in [4.78, 5) is 16.4. The molecule has 0 unspecified atom stereocenters. The van der Waals surface area contributed by atoms with Crippen LogP contribution in [0, 0.1) is 0 Å². The number of nitrogens with zero attached hydrogens (tertiary/aromatic N) is 1. The number of rotatable bonds is 5. The highest BCUT2D eigenvalue weighted by Crippen LogP contribution is 2.39. The zero-order chi connectivity index (χ0) is 17.4. The minimum absolute atomic E-state index is 0.313. The maximum Gasteiger partial charge on any atom is 0.319 e. The van der Waals surface area contributed by atoms with Crippen LogP contribution in [0.15, 0.2) is 47.6 Å². The number of pyridine rings is 1. The Balaban J connectivity index is 1.91. The fourth-order valence-electron chi connectivity index (χ4n) is 2.43. The third-order valence-corrected chi connectivity index (χ3v) is 5.34. The number of carboxylic acids is 1. The number of ether oxygens (including phenoxy) is 1. The quantitative estimate of drug-likeness (QED) is 0.811. The van der Waals surface area contributed by atoms with E-state index in [1.807, 2.05) is 30.3 Å². The van der Waals surface area contributed by atoms with Gasteiger partial charge in [-0.2, -0.15) is 0 Å². The summed E-state index contributed by atoms with van der Waals surface area (Å²) in [7, 11) is 0. The van der Waals surface area contributed by atoms with E-state index < -0.39 is 16.3 Å². The standard InChI is InChI=1S/C18H19NO4S/c1-17(2,16(20)21)24-15-7-8-19-9-14(15)12-3-5-13(6-4-12)18(22)10-23-11-18/h3-9,22H,10-11H2,1-2H3,(H,20,21). The Bertz CT molecular complexity index is 754. The van der Waals surface area contributed by atoms with Crippen molar-refractivity contribution in [3.05, 3.63) is 48.3 Å². The van der Waals surface area contributed by atoms with Crippen LogP contribution in [0.5, 0.6) is 0 Å². The number of aliphatic hydroxyl groups is 1. The van der Waals surface area contributed by atoms with Crippen molar-refractivity contribution < 1.29 is 19.7 Å². The van der Waals surface area contributed by atoms with E-state index in [0.717, 1.165) is 21.6 Å². The van der Waals surface area contributed by atoms with E-state index in [1.165, 1.54) is 11.8 Å². The Hall–Kier alpha value is -1.89. The number of benzene rings is 1. The number of carbonyl (C=O) groups is 1. The lowest BCUT2D eigenvalue weighted by Crippen LogP contribution is -2.46. The first kappa shape index (κ1) is 17.0. The van der Waals surface area contributed by atoms with Crippen molar-refractivity contribution in [1.82, 2.24) is 4.98 Å².